The molecule has 0 bridgehead atoms. The van der Waals surface area contributed by atoms with Gasteiger partial charge in [-0.05, 0) is 22.5 Å². The van der Waals surface area contributed by atoms with Crippen molar-refractivity contribution in [3.63, 3.8) is 0 Å². The van der Waals surface area contributed by atoms with Crippen LogP contribution in [0.15, 0.2) is 18.3 Å². The minimum absolute atomic E-state index is 0.146. The number of rotatable bonds is 0. The van der Waals surface area contributed by atoms with Crippen LogP contribution in [-0.2, 0) is 10.8 Å². The summed E-state index contributed by atoms with van der Waals surface area (Å²) in [5, 5.41) is 0. The van der Waals surface area contributed by atoms with Gasteiger partial charge in [-0.2, -0.15) is 0 Å². The lowest BCUT2D eigenvalue weighted by Gasteiger charge is -2.44. The quantitative estimate of drug-likeness (QED) is 0.627. The zero-order chi connectivity index (χ0) is 11.5. The molecule has 2 rings (SSSR count). The van der Waals surface area contributed by atoms with Crippen molar-refractivity contribution in [3.8, 4) is 0 Å². The summed E-state index contributed by atoms with van der Waals surface area (Å²) in [5.74, 6) is 0. The van der Waals surface area contributed by atoms with Gasteiger partial charge in [-0.1, -0.05) is 47.6 Å². The largest absolute Gasteiger partial charge is 0.260 e. The van der Waals surface area contributed by atoms with Crippen molar-refractivity contribution in [2.24, 2.45) is 5.41 Å². The van der Waals surface area contributed by atoms with Gasteiger partial charge in [0, 0.05) is 11.6 Å². The summed E-state index contributed by atoms with van der Waals surface area (Å²) in [6.45, 7) is 14.0. The van der Waals surface area contributed by atoms with Crippen LogP contribution in [0.25, 0.3) is 0 Å². The molecule has 0 aromatic carbocycles. The Morgan fingerprint density at radius 2 is 1.53 bits per heavy atom. The predicted molar refractivity (Wildman–Crippen MR) is 64.1 cm³/mol. The van der Waals surface area contributed by atoms with Crippen LogP contribution in [0.2, 0.25) is 0 Å². The predicted octanol–water partition coefficient (Wildman–Crippen LogP) is 3.68. The highest BCUT2D eigenvalue weighted by molar-refractivity contribution is 5.44. The lowest BCUT2D eigenvalue weighted by atomic mass is 9.59. The highest BCUT2D eigenvalue weighted by Crippen LogP contribution is 2.60. The number of hydrogen-bond donors (Lipinski definition) is 0. The van der Waals surface area contributed by atoms with E-state index >= 15 is 0 Å². The van der Waals surface area contributed by atoms with Crippen LogP contribution in [0.1, 0.15) is 52.8 Å². The molecule has 0 fully saturated rings. The minimum atomic E-state index is 0.146. The van der Waals surface area contributed by atoms with E-state index < -0.39 is 0 Å². The second-order valence-electron chi connectivity index (χ2n) is 6.27. The van der Waals surface area contributed by atoms with Crippen LogP contribution in [0.4, 0.5) is 0 Å². The maximum Gasteiger partial charge on any atom is 0.0503 e. The monoisotopic (exact) mass is 203 g/mol. The Morgan fingerprint density at radius 3 is 2.07 bits per heavy atom. The molecule has 0 saturated carbocycles. The molecule has 0 amide bonds. The van der Waals surface area contributed by atoms with Crippen molar-refractivity contribution in [1.29, 1.82) is 0 Å². The summed E-state index contributed by atoms with van der Waals surface area (Å²) in [6, 6.07) is 4.29. The Hall–Kier alpha value is -0.850. The fourth-order valence-electron chi connectivity index (χ4n) is 2.82. The first-order valence-electron chi connectivity index (χ1n) is 5.69. The van der Waals surface area contributed by atoms with Gasteiger partial charge in [-0.25, -0.2) is 0 Å². The lowest BCUT2D eigenvalue weighted by Crippen LogP contribution is -2.42. The molecule has 1 aromatic rings. The first-order chi connectivity index (χ1) is 6.73. The smallest absolute Gasteiger partial charge is 0.0503 e. The standard InChI is InChI=1S/C14H21N/c1-12(2)10-8-7-9-15-11(10)13(3,4)14(12,5)6/h7-9H,1-6H3. The fourth-order valence-corrected chi connectivity index (χ4v) is 2.82. The van der Waals surface area contributed by atoms with Crippen LogP contribution in [0.5, 0.6) is 0 Å². The highest BCUT2D eigenvalue weighted by atomic mass is 14.8. The summed E-state index contributed by atoms with van der Waals surface area (Å²) in [4.78, 5) is 4.60. The molecular formula is C14H21N. The molecule has 0 saturated heterocycles. The van der Waals surface area contributed by atoms with Gasteiger partial charge in [-0.15, -0.1) is 0 Å². The van der Waals surface area contributed by atoms with Gasteiger partial charge >= 0.3 is 0 Å². The summed E-state index contributed by atoms with van der Waals surface area (Å²) < 4.78 is 0. The van der Waals surface area contributed by atoms with E-state index in [0.29, 0.717) is 0 Å². The number of fused-ring (bicyclic) bond motifs is 1. The molecule has 0 radical (unpaired) electrons. The molecule has 1 aliphatic carbocycles. The molecule has 0 N–H and O–H groups in total. The van der Waals surface area contributed by atoms with E-state index in [9.17, 15) is 0 Å². The van der Waals surface area contributed by atoms with Crippen molar-refractivity contribution in [1.82, 2.24) is 4.98 Å². The molecule has 1 heteroatoms. The number of nitrogens with zero attached hydrogens (tertiary/aromatic N) is 1. The summed E-state index contributed by atoms with van der Waals surface area (Å²) in [5.41, 5.74) is 3.27. The first kappa shape index (κ1) is 10.7. The Labute approximate surface area is 92.9 Å². The number of pyridine rings is 1. The normalized spacial score (nSPS) is 24.9. The first-order valence-corrected chi connectivity index (χ1v) is 5.69. The van der Waals surface area contributed by atoms with Crippen molar-refractivity contribution >= 4 is 0 Å². The van der Waals surface area contributed by atoms with E-state index in [-0.39, 0.29) is 16.2 Å². The van der Waals surface area contributed by atoms with E-state index in [2.05, 4.69) is 58.7 Å². The van der Waals surface area contributed by atoms with E-state index in [1.807, 2.05) is 6.20 Å². The molecule has 1 aliphatic rings. The Kier molecular flexibility index (Phi) is 1.87. The van der Waals surface area contributed by atoms with E-state index in [1.165, 1.54) is 11.3 Å². The second-order valence-corrected chi connectivity index (χ2v) is 6.27. The van der Waals surface area contributed by atoms with Crippen molar-refractivity contribution in [2.75, 3.05) is 0 Å². The minimum Gasteiger partial charge on any atom is -0.260 e. The molecule has 1 heterocycles. The van der Waals surface area contributed by atoms with Gasteiger partial charge in [-0.3, -0.25) is 4.98 Å². The maximum absolute atomic E-state index is 4.60. The van der Waals surface area contributed by atoms with Crippen LogP contribution < -0.4 is 0 Å². The Balaban J connectivity index is 2.78. The molecule has 1 nitrogen and oxygen atoms in total. The second kappa shape index (κ2) is 2.63. The highest BCUT2D eigenvalue weighted by Gasteiger charge is 2.57. The third-order valence-electron chi connectivity index (χ3n) is 5.20. The van der Waals surface area contributed by atoms with Crippen molar-refractivity contribution < 1.29 is 0 Å². The molecule has 1 aromatic heterocycles. The average molecular weight is 203 g/mol. The molecule has 15 heavy (non-hydrogen) atoms. The average Bonchev–Trinajstić information content (AvgIpc) is 2.26. The van der Waals surface area contributed by atoms with Crippen molar-refractivity contribution in [3.05, 3.63) is 29.6 Å². The zero-order valence-electron chi connectivity index (χ0n) is 10.7. The van der Waals surface area contributed by atoms with Crippen LogP contribution in [-0.4, -0.2) is 4.98 Å². The van der Waals surface area contributed by atoms with Crippen LogP contribution in [0.3, 0.4) is 0 Å². The summed E-state index contributed by atoms with van der Waals surface area (Å²) in [7, 11) is 0. The Bertz CT molecular complexity index is 363. The molecular weight excluding hydrogens is 182 g/mol. The SMILES string of the molecule is CC1(C)c2cccnc2C(C)(C)C1(C)C. The summed E-state index contributed by atoms with van der Waals surface area (Å²) >= 11 is 0. The lowest BCUT2D eigenvalue weighted by molar-refractivity contribution is 0.123. The van der Waals surface area contributed by atoms with Crippen LogP contribution in [0, 0.1) is 5.41 Å². The van der Waals surface area contributed by atoms with Crippen LogP contribution >= 0.6 is 0 Å². The number of aromatic nitrogens is 1. The van der Waals surface area contributed by atoms with Gasteiger partial charge in [0.25, 0.3) is 0 Å². The van der Waals surface area contributed by atoms with Gasteiger partial charge in [0.2, 0.25) is 0 Å². The summed E-state index contributed by atoms with van der Waals surface area (Å²) in [6.07, 6.45) is 1.91. The van der Waals surface area contributed by atoms with Gasteiger partial charge in [0.15, 0.2) is 0 Å². The fraction of sp³-hybridized carbons (Fsp3) is 0.643. The molecule has 0 atom stereocenters. The molecule has 82 valence electrons. The van der Waals surface area contributed by atoms with E-state index in [0.717, 1.165) is 0 Å². The molecule has 0 unspecified atom stereocenters. The van der Waals surface area contributed by atoms with E-state index in [1.54, 1.807) is 0 Å². The van der Waals surface area contributed by atoms with Gasteiger partial charge < -0.3 is 0 Å². The maximum atomic E-state index is 4.60. The topological polar surface area (TPSA) is 12.9 Å². The molecule has 0 spiro atoms. The third-order valence-corrected chi connectivity index (χ3v) is 5.20. The zero-order valence-corrected chi connectivity index (χ0v) is 10.7. The molecule has 0 aliphatic heterocycles. The Morgan fingerprint density at radius 1 is 0.933 bits per heavy atom. The van der Waals surface area contributed by atoms with E-state index in [4.69, 9.17) is 0 Å². The number of hydrogen-bond acceptors (Lipinski definition) is 1. The van der Waals surface area contributed by atoms with Gasteiger partial charge in [0.1, 0.15) is 0 Å². The third kappa shape index (κ3) is 1.01. The van der Waals surface area contributed by atoms with Gasteiger partial charge in [0.05, 0.1) is 5.69 Å². The van der Waals surface area contributed by atoms with Crippen molar-refractivity contribution in [2.45, 2.75) is 52.4 Å².